The lowest BCUT2D eigenvalue weighted by atomic mass is 10.2. The monoisotopic (exact) mass is 112 g/mol. The fourth-order valence-corrected chi connectivity index (χ4v) is 1.63. The maximum absolute atomic E-state index is 3.47. The van der Waals surface area contributed by atoms with Crippen molar-refractivity contribution in [3.8, 4) is 0 Å². The fourth-order valence-electron chi connectivity index (χ4n) is 1.63. The van der Waals surface area contributed by atoms with Crippen molar-refractivity contribution in [1.29, 1.82) is 0 Å². The molecule has 2 saturated heterocycles. The van der Waals surface area contributed by atoms with E-state index in [1.165, 1.54) is 32.6 Å². The standard InChI is InChI=1S/C6H12N2/c1-3-8-4-2-7-6(1)5-8/h6-7H,1-5H2/q+1. The molecular formula is C6H12N2+. The van der Waals surface area contributed by atoms with Gasteiger partial charge < -0.3 is 5.32 Å². The van der Waals surface area contributed by atoms with Crippen LogP contribution >= 0.6 is 0 Å². The van der Waals surface area contributed by atoms with E-state index >= 15 is 0 Å². The van der Waals surface area contributed by atoms with Gasteiger partial charge in [-0.1, -0.05) is 0 Å². The number of hydrogen-bond acceptors (Lipinski definition) is 2. The quantitative estimate of drug-likeness (QED) is 0.418. The van der Waals surface area contributed by atoms with Gasteiger partial charge >= 0.3 is 0 Å². The van der Waals surface area contributed by atoms with E-state index in [9.17, 15) is 0 Å². The van der Waals surface area contributed by atoms with E-state index in [0.29, 0.717) is 0 Å². The Bertz CT molecular complexity index is 78.5. The molecule has 0 saturated carbocycles. The lowest BCUT2D eigenvalue weighted by Gasteiger charge is -2.14. The van der Waals surface area contributed by atoms with Crippen LogP contribution in [0.2, 0.25) is 0 Å². The molecule has 2 rings (SSSR count). The first-order chi connectivity index (χ1) is 3.95. The minimum Gasteiger partial charge on any atom is -0.303 e. The van der Waals surface area contributed by atoms with Crippen LogP contribution in [0, 0.1) is 0 Å². The molecule has 0 aromatic carbocycles. The van der Waals surface area contributed by atoms with Gasteiger partial charge in [0.05, 0.1) is 12.6 Å². The summed E-state index contributed by atoms with van der Waals surface area (Å²) in [7, 11) is 0. The largest absolute Gasteiger partial charge is 0.303 e. The Morgan fingerprint density at radius 2 is 2.38 bits per heavy atom. The molecule has 2 aliphatic heterocycles. The Balaban J connectivity index is 2.03. The third-order valence-electron chi connectivity index (χ3n) is 2.13. The van der Waals surface area contributed by atoms with Crippen LogP contribution in [0.25, 0.3) is 0 Å². The van der Waals surface area contributed by atoms with Gasteiger partial charge in [-0.3, -0.25) is 0 Å². The van der Waals surface area contributed by atoms with E-state index < -0.39 is 0 Å². The van der Waals surface area contributed by atoms with Crippen molar-refractivity contribution in [1.82, 2.24) is 10.2 Å². The van der Waals surface area contributed by atoms with Crippen LogP contribution in [0.3, 0.4) is 0 Å². The topological polar surface area (TPSA) is 17.9 Å². The first-order valence-electron chi connectivity index (χ1n) is 3.41. The summed E-state index contributed by atoms with van der Waals surface area (Å²) in [6, 6.07) is 0.837. The molecule has 2 bridgehead atoms. The number of rotatable bonds is 0. The third kappa shape index (κ3) is 0.644. The van der Waals surface area contributed by atoms with Gasteiger partial charge in [0.2, 0.25) is 0 Å². The Morgan fingerprint density at radius 1 is 1.38 bits per heavy atom. The maximum Gasteiger partial charge on any atom is 0.138 e. The Labute approximate surface area is 49.9 Å². The molecule has 2 nitrogen and oxygen atoms in total. The first kappa shape index (κ1) is 4.77. The number of fused-ring (bicyclic) bond motifs is 2. The van der Waals surface area contributed by atoms with Gasteiger partial charge in [0.15, 0.2) is 0 Å². The van der Waals surface area contributed by atoms with Crippen LogP contribution in [-0.2, 0) is 0 Å². The van der Waals surface area contributed by atoms with Gasteiger partial charge in [-0.15, -0.1) is 0 Å². The number of nitrogens with one attached hydrogen (secondary N) is 1. The van der Waals surface area contributed by atoms with E-state index in [0.717, 1.165) is 6.04 Å². The Hall–Kier alpha value is -0.0800. The first-order valence-corrected chi connectivity index (χ1v) is 3.41. The summed E-state index contributed by atoms with van der Waals surface area (Å²) in [6.07, 6.45) is 1.38. The molecule has 2 fully saturated rings. The maximum atomic E-state index is 3.47. The molecule has 45 valence electrons. The number of piperazine rings is 1. The molecule has 1 radical (unpaired) electrons. The van der Waals surface area contributed by atoms with Gasteiger partial charge in [0.25, 0.3) is 0 Å². The fraction of sp³-hybridized carbons (Fsp3) is 1.00. The molecule has 1 N–H and O–H groups in total. The summed E-state index contributed by atoms with van der Waals surface area (Å²) in [6.45, 7) is 5.12. The second-order valence-corrected chi connectivity index (χ2v) is 2.74. The van der Waals surface area contributed by atoms with Gasteiger partial charge in [0.1, 0.15) is 19.6 Å². The van der Waals surface area contributed by atoms with Crippen molar-refractivity contribution in [3.63, 3.8) is 0 Å². The highest BCUT2D eigenvalue weighted by Gasteiger charge is 2.33. The highest BCUT2D eigenvalue weighted by atomic mass is 15.2. The van der Waals surface area contributed by atoms with Crippen LogP contribution in [0.4, 0.5) is 0 Å². The van der Waals surface area contributed by atoms with Crippen LogP contribution in [0.15, 0.2) is 0 Å². The van der Waals surface area contributed by atoms with E-state index in [1.807, 2.05) is 0 Å². The van der Waals surface area contributed by atoms with Gasteiger partial charge in [-0.25, -0.2) is 0 Å². The highest BCUT2D eigenvalue weighted by molar-refractivity contribution is 4.89. The van der Waals surface area contributed by atoms with E-state index in [1.54, 1.807) is 0 Å². The molecule has 2 unspecified atom stereocenters. The number of nitrogens with zero attached hydrogens (tertiary/aromatic N) is 1. The minimum atomic E-state index is 0.837. The molecule has 2 heteroatoms. The summed E-state index contributed by atoms with van der Waals surface area (Å²) in [4.78, 5) is 2.53. The van der Waals surface area contributed by atoms with Gasteiger partial charge in [-0.05, 0) is 0 Å². The Morgan fingerprint density at radius 3 is 3.12 bits per heavy atom. The lowest BCUT2D eigenvalue weighted by molar-refractivity contribution is 0.396. The second kappa shape index (κ2) is 1.71. The molecule has 0 aliphatic carbocycles. The van der Waals surface area contributed by atoms with Crippen LogP contribution in [0.1, 0.15) is 6.42 Å². The number of hydrogen-bond donors (Lipinski definition) is 1. The summed E-state index contributed by atoms with van der Waals surface area (Å²) in [5.74, 6) is 0. The molecule has 2 heterocycles. The van der Waals surface area contributed by atoms with Crippen LogP contribution in [0.5, 0.6) is 0 Å². The predicted molar refractivity (Wildman–Crippen MR) is 33.1 cm³/mol. The third-order valence-corrected chi connectivity index (χ3v) is 2.13. The average Bonchev–Trinajstić information content (AvgIpc) is 2.12. The minimum absolute atomic E-state index is 0.837. The van der Waals surface area contributed by atoms with Crippen molar-refractivity contribution in [2.75, 3.05) is 26.2 Å². The molecule has 0 aromatic rings. The Kier molecular flexibility index (Phi) is 1.02. The second-order valence-electron chi connectivity index (χ2n) is 2.74. The average molecular weight is 112 g/mol. The van der Waals surface area contributed by atoms with Crippen molar-refractivity contribution >= 4 is 0 Å². The van der Waals surface area contributed by atoms with Crippen LogP contribution in [-0.4, -0.2) is 32.2 Å². The molecule has 2 aliphatic rings. The zero-order chi connectivity index (χ0) is 5.40. The summed E-state index contributed by atoms with van der Waals surface area (Å²) in [5.41, 5.74) is 0. The summed E-state index contributed by atoms with van der Waals surface area (Å²) >= 11 is 0. The molecule has 8 heavy (non-hydrogen) atoms. The lowest BCUT2D eigenvalue weighted by Crippen LogP contribution is -2.45. The van der Waals surface area contributed by atoms with Crippen molar-refractivity contribution in [2.24, 2.45) is 0 Å². The molecular weight excluding hydrogens is 100 g/mol. The van der Waals surface area contributed by atoms with Crippen molar-refractivity contribution in [3.05, 3.63) is 0 Å². The zero-order valence-corrected chi connectivity index (χ0v) is 5.06. The highest BCUT2D eigenvalue weighted by Crippen LogP contribution is 2.08. The predicted octanol–water partition coefficient (Wildman–Crippen LogP) is -0.498. The van der Waals surface area contributed by atoms with E-state index in [-0.39, 0.29) is 0 Å². The zero-order valence-electron chi connectivity index (χ0n) is 5.06. The van der Waals surface area contributed by atoms with E-state index in [2.05, 4.69) is 10.2 Å². The SMILES string of the molecule is C1C[N+]2CCC(C2)N1. The van der Waals surface area contributed by atoms with Crippen molar-refractivity contribution in [2.45, 2.75) is 12.5 Å². The molecule has 0 aromatic heterocycles. The normalized spacial score (nSPS) is 45.0. The molecule has 2 atom stereocenters. The van der Waals surface area contributed by atoms with Crippen molar-refractivity contribution < 1.29 is 0 Å². The van der Waals surface area contributed by atoms with Crippen LogP contribution < -0.4 is 10.2 Å². The molecule has 0 spiro atoms. The summed E-state index contributed by atoms with van der Waals surface area (Å²) in [5, 5.41) is 3.47. The summed E-state index contributed by atoms with van der Waals surface area (Å²) < 4.78 is 0. The van der Waals surface area contributed by atoms with Gasteiger partial charge in [0, 0.05) is 6.42 Å². The smallest absolute Gasteiger partial charge is 0.138 e. The van der Waals surface area contributed by atoms with E-state index in [4.69, 9.17) is 0 Å². The molecule has 0 amide bonds. The van der Waals surface area contributed by atoms with Gasteiger partial charge in [-0.2, -0.15) is 4.90 Å².